The van der Waals surface area contributed by atoms with Gasteiger partial charge < -0.3 is 0 Å². The Bertz CT molecular complexity index is 625. The Hall–Kier alpha value is -2.06. The van der Waals surface area contributed by atoms with Gasteiger partial charge in [0.15, 0.2) is 10.6 Å². The Morgan fingerprint density at radius 3 is 2.65 bits per heavy atom. The fourth-order valence-electron chi connectivity index (χ4n) is 1.50. The molecule has 2 aromatic rings. The average molecular weight is 242 g/mol. The van der Waals surface area contributed by atoms with Crippen molar-refractivity contribution in [3.8, 4) is 11.8 Å². The van der Waals surface area contributed by atoms with Gasteiger partial charge in [0.05, 0.1) is 6.20 Å². The van der Waals surface area contributed by atoms with Crippen molar-refractivity contribution in [2.75, 3.05) is 6.26 Å². The number of nitriles is 1. The second kappa shape index (κ2) is 4.85. The molecule has 0 aliphatic rings. The molecule has 5 heteroatoms. The normalized spacial score (nSPS) is 9.88. The predicted octanol–water partition coefficient (Wildman–Crippen LogP) is 1.95. The minimum atomic E-state index is 0.165. The molecule has 2 rings (SSSR count). The fraction of sp³-hybridized carbons (Fsp3) is 0.0833. The largest absolute Gasteiger partial charge is 0.283 e. The molecule has 17 heavy (non-hydrogen) atoms. The Morgan fingerprint density at radius 1 is 1.35 bits per heavy atom. The highest BCUT2D eigenvalue weighted by Gasteiger charge is 2.08. The zero-order chi connectivity index (χ0) is 12.3. The molecule has 0 saturated heterocycles. The minimum absolute atomic E-state index is 0.165. The van der Waals surface area contributed by atoms with E-state index in [1.807, 2.05) is 42.7 Å². The van der Waals surface area contributed by atoms with Crippen LogP contribution in [-0.2, 0) is 0 Å². The molecule has 0 spiro atoms. The first-order valence-corrected chi connectivity index (χ1v) is 6.16. The number of hydrogen-bond acceptors (Lipinski definition) is 4. The lowest BCUT2D eigenvalue weighted by Crippen LogP contribution is -2.23. The summed E-state index contributed by atoms with van der Waals surface area (Å²) >= 11 is 1.45. The van der Waals surface area contributed by atoms with Crippen molar-refractivity contribution in [1.82, 2.24) is 9.55 Å². The molecule has 0 aliphatic heterocycles. The molecule has 0 aliphatic carbocycles. The highest BCUT2D eigenvalue weighted by Crippen LogP contribution is 2.14. The third-order valence-electron chi connectivity index (χ3n) is 2.29. The van der Waals surface area contributed by atoms with Crippen LogP contribution >= 0.6 is 11.8 Å². The summed E-state index contributed by atoms with van der Waals surface area (Å²) in [4.78, 5) is 4.19. The Labute approximate surface area is 103 Å². The smallest absolute Gasteiger partial charge is 0.173 e. The Morgan fingerprint density at radius 2 is 2.06 bits per heavy atom. The van der Waals surface area contributed by atoms with E-state index in [1.54, 1.807) is 4.57 Å². The lowest BCUT2D eigenvalue weighted by Gasteiger charge is -2.11. The van der Waals surface area contributed by atoms with Crippen LogP contribution in [0.5, 0.6) is 0 Å². The Kier molecular flexibility index (Phi) is 3.26. The molecule has 84 valence electrons. The van der Waals surface area contributed by atoms with Crippen molar-refractivity contribution in [1.29, 1.82) is 10.7 Å². The quantitative estimate of drug-likeness (QED) is 0.646. The summed E-state index contributed by atoms with van der Waals surface area (Å²) in [5.74, 6) is 0. The van der Waals surface area contributed by atoms with E-state index in [1.165, 1.54) is 18.0 Å². The second-order valence-corrected chi connectivity index (χ2v) is 4.06. The minimum Gasteiger partial charge on any atom is -0.283 e. The predicted molar refractivity (Wildman–Crippen MR) is 65.9 cm³/mol. The molecule has 0 atom stereocenters. The summed E-state index contributed by atoms with van der Waals surface area (Å²) in [5, 5.41) is 17.6. The van der Waals surface area contributed by atoms with Crippen LogP contribution in [0, 0.1) is 16.7 Å². The summed E-state index contributed by atoms with van der Waals surface area (Å²) in [7, 11) is 0. The maximum atomic E-state index is 8.92. The molecular formula is C12H10N4S. The van der Waals surface area contributed by atoms with Gasteiger partial charge in [-0.05, 0) is 18.4 Å². The zero-order valence-electron chi connectivity index (χ0n) is 9.21. The van der Waals surface area contributed by atoms with Crippen LogP contribution in [0.4, 0.5) is 0 Å². The first kappa shape index (κ1) is 11.4. The van der Waals surface area contributed by atoms with E-state index >= 15 is 0 Å². The maximum absolute atomic E-state index is 8.92. The van der Waals surface area contributed by atoms with Crippen molar-refractivity contribution in [2.24, 2.45) is 0 Å². The van der Waals surface area contributed by atoms with Gasteiger partial charge in [0.1, 0.15) is 11.6 Å². The molecule has 1 N–H and O–H groups in total. The van der Waals surface area contributed by atoms with Crippen molar-refractivity contribution in [2.45, 2.75) is 5.16 Å². The summed E-state index contributed by atoms with van der Waals surface area (Å²) < 4.78 is 1.67. The van der Waals surface area contributed by atoms with Crippen molar-refractivity contribution < 1.29 is 0 Å². The first-order valence-electron chi connectivity index (χ1n) is 4.94. The van der Waals surface area contributed by atoms with Crippen LogP contribution in [-0.4, -0.2) is 15.8 Å². The van der Waals surface area contributed by atoms with E-state index in [2.05, 4.69) is 4.98 Å². The number of hydrogen-bond donors (Lipinski definition) is 1. The molecule has 1 heterocycles. The van der Waals surface area contributed by atoms with Crippen LogP contribution in [0.25, 0.3) is 5.69 Å². The number of rotatable bonds is 2. The lowest BCUT2D eigenvalue weighted by molar-refractivity contribution is 0.762. The highest BCUT2D eigenvalue weighted by molar-refractivity contribution is 7.98. The highest BCUT2D eigenvalue weighted by atomic mass is 32.2. The number of para-hydroxylation sites is 1. The third kappa shape index (κ3) is 2.08. The number of nitrogens with one attached hydrogen (secondary N) is 1. The molecule has 0 fully saturated rings. The van der Waals surface area contributed by atoms with Crippen LogP contribution in [0.2, 0.25) is 0 Å². The number of benzene rings is 1. The van der Waals surface area contributed by atoms with Gasteiger partial charge in [0.25, 0.3) is 0 Å². The molecule has 1 aromatic carbocycles. The fourth-order valence-corrected chi connectivity index (χ4v) is 2.03. The van der Waals surface area contributed by atoms with Crippen LogP contribution < -0.4 is 5.49 Å². The second-order valence-electron chi connectivity index (χ2n) is 3.29. The molecule has 0 amide bonds. The monoisotopic (exact) mass is 242 g/mol. The van der Waals surface area contributed by atoms with Crippen molar-refractivity contribution in [3.05, 3.63) is 47.6 Å². The molecule has 0 unspecified atom stereocenters. The number of aromatic nitrogens is 2. The first-order chi connectivity index (χ1) is 8.27. The number of nitrogens with zero attached hydrogens (tertiary/aromatic N) is 3. The molecule has 4 nitrogen and oxygen atoms in total. The molecule has 0 saturated carbocycles. The maximum Gasteiger partial charge on any atom is 0.173 e. The lowest BCUT2D eigenvalue weighted by atomic mass is 10.3. The van der Waals surface area contributed by atoms with E-state index in [0.29, 0.717) is 5.16 Å². The summed E-state index contributed by atoms with van der Waals surface area (Å²) in [6.07, 6.45) is 3.33. The van der Waals surface area contributed by atoms with E-state index < -0.39 is 0 Å². The van der Waals surface area contributed by atoms with Crippen LogP contribution in [0.3, 0.4) is 0 Å². The van der Waals surface area contributed by atoms with E-state index in [-0.39, 0.29) is 11.1 Å². The topological polar surface area (TPSA) is 65.5 Å². The third-order valence-corrected chi connectivity index (χ3v) is 2.94. The van der Waals surface area contributed by atoms with E-state index in [9.17, 15) is 0 Å². The zero-order valence-corrected chi connectivity index (χ0v) is 10.0. The van der Waals surface area contributed by atoms with Gasteiger partial charge in [0.2, 0.25) is 0 Å². The van der Waals surface area contributed by atoms with Gasteiger partial charge >= 0.3 is 0 Å². The average Bonchev–Trinajstić information content (AvgIpc) is 2.39. The van der Waals surface area contributed by atoms with E-state index in [4.69, 9.17) is 10.7 Å². The summed E-state index contributed by atoms with van der Waals surface area (Å²) in [5.41, 5.74) is 1.27. The van der Waals surface area contributed by atoms with Gasteiger partial charge in [-0.1, -0.05) is 30.0 Å². The van der Waals surface area contributed by atoms with Gasteiger partial charge in [-0.15, -0.1) is 0 Å². The Balaban J connectivity index is 2.76. The van der Waals surface area contributed by atoms with Crippen LogP contribution in [0.15, 0.2) is 41.7 Å². The molecule has 1 aromatic heterocycles. The molecule has 0 radical (unpaired) electrons. The molecular weight excluding hydrogens is 232 g/mol. The SMILES string of the molecule is CSc1ncc(C#N)c(=N)n1-c1ccccc1. The van der Waals surface area contributed by atoms with Gasteiger partial charge in [-0.3, -0.25) is 9.98 Å². The van der Waals surface area contributed by atoms with Gasteiger partial charge in [-0.25, -0.2) is 4.98 Å². The van der Waals surface area contributed by atoms with Gasteiger partial charge in [0, 0.05) is 5.69 Å². The molecule has 0 bridgehead atoms. The van der Waals surface area contributed by atoms with Crippen molar-refractivity contribution in [3.63, 3.8) is 0 Å². The van der Waals surface area contributed by atoms with Gasteiger partial charge in [-0.2, -0.15) is 5.26 Å². The van der Waals surface area contributed by atoms with Crippen molar-refractivity contribution >= 4 is 11.8 Å². The van der Waals surface area contributed by atoms with E-state index in [0.717, 1.165) is 5.69 Å². The number of thioether (sulfide) groups is 1. The summed E-state index contributed by atoms with van der Waals surface area (Å²) in [6, 6.07) is 11.5. The standard InChI is InChI=1S/C12H10N4S/c1-17-12-15-8-9(7-13)11(14)16(12)10-5-3-2-4-6-10/h2-6,8,14H,1H3. The summed E-state index contributed by atoms with van der Waals surface area (Å²) in [6.45, 7) is 0. The van der Waals surface area contributed by atoms with Crippen LogP contribution in [0.1, 0.15) is 5.56 Å².